The van der Waals surface area contributed by atoms with Crippen LogP contribution in [0.5, 0.6) is 0 Å². The van der Waals surface area contributed by atoms with Crippen LogP contribution in [0.2, 0.25) is 0 Å². The van der Waals surface area contributed by atoms with E-state index in [-0.39, 0.29) is 5.91 Å². The highest BCUT2D eigenvalue weighted by molar-refractivity contribution is 5.94. The summed E-state index contributed by atoms with van der Waals surface area (Å²) in [5.41, 5.74) is 0.540. The van der Waals surface area contributed by atoms with Crippen molar-refractivity contribution in [2.24, 2.45) is 0 Å². The van der Waals surface area contributed by atoms with Gasteiger partial charge in [0.15, 0.2) is 0 Å². The van der Waals surface area contributed by atoms with E-state index in [4.69, 9.17) is 9.47 Å². The Labute approximate surface area is 113 Å². The van der Waals surface area contributed by atoms with Gasteiger partial charge in [-0.2, -0.15) is 0 Å². The van der Waals surface area contributed by atoms with E-state index in [1.54, 1.807) is 25.4 Å². The van der Waals surface area contributed by atoms with Crippen LogP contribution in [0.3, 0.4) is 0 Å². The quantitative estimate of drug-likeness (QED) is 0.651. The number of anilines is 1. The summed E-state index contributed by atoms with van der Waals surface area (Å²) in [6.45, 7) is 4.83. The molecule has 19 heavy (non-hydrogen) atoms. The van der Waals surface area contributed by atoms with Gasteiger partial charge in [-0.05, 0) is 19.1 Å². The average Bonchev–Trinajstić information content (AvgIpc) is 2.43. The number of rotatable bonds is 9. The van der Waals surface area contributed by atoms with Crippen LogP contribution in [-0.4, -0.2) is 50.9 Å². The van der Waals surface area contributed by atoms with E-state index in [9.17, 15) is 4.79 Å². The molecule has 1 amide bonds. The molecule has 0 saturated carbocycles. The van der Waals surface area contributed by atoms with E-state index in [2.05, 4.69) is 15.6 Å². The first-order valence-electron chi connectivity index (χ1n) is 6.32. The lowest BCUT2D eigenvalue weighted by molar-refractivity contribution is 0.0692. The fourth-order valence-corrected chi connectivity index (χ4v) is 1.40. The summed E-state index contributed by atoms with van der Waals surface area (Å²) in [6.07, 6.45) is 1.55. The normalized spacial score (nSPS) is 10.2. The van der Waals surface area contributed by atoms with Gasteiger partial charge in [0, 0.05) is 26.4 Å². The topological polar surface area (TPSA) is 72.5 Å². The molecule has 0 aliphatic heterocycles. The molecule has 0 unspecified atom stereocenters. The van der Waals surface area contributed by atoms with Crippen LogP contribution < -0.4 is 10.6 Å². The second-order valence-electron chi connectivity index (χ2n) is 3.82. The standard InChI is InChI=1S/C13H21N3O3/c1-3-14-12-5-4-11(10-16-12)13(17)15-6-7-19-9-8-18-2/h4-5,10H,3,6-9H2,1-2H3,(H,14,16)(H,15,17). The monoisotopic (exact) mass is 267 g/mol. The molecule has 1 heterocycles. The summed E-state index contributed by atoms with van der Waals surface area (Å²) in [7, 11) is 1.62. The van der Waals surface area contributed by atoms with Gasteiger partial charge in [-0.25, -0.2) is 4.98 Å². The molecule has 0 aliphatic rings. The van der Waals surface area contributed by atoms with Gasteiger partial charge in [0.05, 0.1) is 25.4 Å². The number of ether oxygens (including phenoxy) is 2. The molecule has 0 aromatic carbocycles. The number of pyridine rings is 1. The summed E-state index contributed by atoms with van der Waals surface area (Å²) in [4.78, 5) is 15.9. The van der Waals surface area contributed by atoms with Crippen LogP contribution in [0.25, 0.3) is 0 Å². The Hall–Kier alpha value is -1.66. The van der Waals surface area contributed by atoms with Crippen LogP contribution in [0.4, 0.5) is 5.82 Å². The molecule has 0 spiro atoms. The highest BCUT2D eigenvalue weighted by Gasteiger charge is 2.05. The first kappa shape index (κ1) is 15.4. The predicted molar refractivity (Wildman–Crippen MR) is 73.4 cm³/mol. The summed E-state index contributed by atoms with van der Waals surface area (Å²) >= 11 is 0. The molecule has 2 N–H and O–H groups in total. The highest BCUT2D eigenvalue weighted by atomic mass is 16.5. The van der Waals surface area contributed by atoms with Crippen LogP contribution in [-0.2, 0) is 9.47 Å². The van der Waals surface area contributed by atoms with E-state index in [1.165, 1.54) is 0 Å². The van der Waals surface area contributed by atoms with Crippen molar-refractivity contribution in [3.63, 3.8) is 0 Å². The first-order chi connectivity index (χ1) is 9.27. The van der Waals surface area contributed by atoms with Crippen molar-refractivity contribution in [2.45, 2.75) is 6.92 Å². The van der Waals surface area contributed by atoms with E-state index in [0.29, 0.717) is 31.9 Å². The summed E-state index contributed by atoms with van der Waals surface area (Å²) in [6, 6.07) is 3.53. The minimum Gasteiger partial charge on any atom is -0.382 e. The van der Waals surface area contributed by atoms with Gasteiger partial charge in [0.2, 0.25) is 0 Å². The second-order valence-corrected chi connectivity index (χ2v) is 3.82. The zero-order valence-corrected chi connectivity index (χ0v) is 11.4. The van der Waals surface area contributed by atoms with Gasteiger partial charge in [-0.1, -0.05) is 0 Å². The van der Waals surface area contributed by atoms with Gasteiger partial charge < -0.3 is 20.1 Å². The minimum absolute atomic E-state index is 0.147. The molecule has 106 valence electrons. The third-order valence-electron chi connectivity index (χ3n) is 2.35. The van der Waals surface area contributed by atoms with Crippen molar-refractivity contribution < 1.29 is 14.3 Å². The highest BCUT2D eigenvalue weighted by Crippen LogP contribution is 2.04. The van der Waals surface area contributed by atoms with Crippen molar-refractivity contribution in [1.29, 1.82) is 0 Å². The number of hydrogen-bond acceptors (Lipinski definition) is 5. The Morgan fingerprint density at radius 3 is 2.79 bits per heavy atom. The minimum atomic E-state index is -0.147. The lowest BCUT2D eigenvalue weighted by Crippen LogP contribution is -2.27. The van der Waals surface area contributed by atoms with Crippen molar-refractivity contribution in [3.8, 4) is 0 Å². The van der Waals surface area contributed by atoms with Crippen LogP contribution in [0, 0.1) is 0 Å². The Morgan fingerprint density at radius 2 is 2.16 bits per heavy atom. The lowest BCUT2D eigenvalue weighted by atomic mass is 10.2. The Morgan fingerprint density at radius 1 is 1.32 bits per heavy atom. The Balaban J connectivity index is 2.25. The van der Waals surface area contributed by atoms with Crippen molar-refractivity contribution in [3.05, 3.63) is 23.9 Å². The van der Waals surface area contributed by atoms with E-state index >= 15 is 0 Å². The SMILES string of the molecule is CCNc1ccc(C(=O)NCCOCCOC)cn1. The summed E-state index contributed by atoms with van der Waals surface area (Å²) in [5, 5.41) is 5.83. The maximum atomic E-state index is 11.8. The maximum absolute atomic E-state index is 11.8. The molecule has 1 rings (SSSR count). The van der Waals surface area contributed by atoms with Crippen molar-refractivity contribution >= 4 is 11.7 Å². The predicted octanol–water partition coefficient (Wildman–Crippen LogP) is 0.906. The summed E-state index contributed by atoms with van der Waals surface area (Å²) in [5.74, 6) is 0.618. The second kappa shape index (κ2) is 9.29. The Bertz CT molecular complexity index is 368. The molecular weight excluding hydrogens is 246 g/mol. The molecule has 1 aromatic rings. The zero-order chi connectivity index (χ0) is 13.9. The third kappa shape index (κ3) is 6.17. The number of nitrogens with one attached hydrogen (secondary N) is 2. The number of carbonyl (C=O) groups excluding carboxylic acids is 1. The van der Waals surface area contributed by atoms with Gasteiger partial charge in [-0.15, -0.1) is 0 Å². The molecular formula is C13H21N3O3. The molecule has 0 fully saturated rings. The van der Waals surface area contributed by atoms with Crippen LogP contribution in [0.15, 0.2) is 18.3 Å². The number of nitrogens with zero attached hydrogens (tertiary/aromatic N) is 1. The van der Waals surface area contributed by atoms with Gasteiger partial charge >= 0.3 is 0 Å². The summed E-state index contributed by atoms with van der Waals surface area (Å²) < 4.78 is 10.1. The first-order valence-corrected chi connectivity index (χ1v) is 6.32. The third-order valence-corrected chi connectivity index (χ3v) is 2.35. The number of hydrogen-bond donors (Lipinski definition) is 2. The van der Waals surface area contributed by atoms with Crippen LogP contribution in [0.1, 0.15) is 17.3 Å². The molecule has 1 aromatic heterocycles. The largest absolute Gasteiger partial charge is 0.382 e. The van der Waals surface area contributed by atoms with E-state index in [1.807, 2.05) is 6.92 Å². The number of methoxy groups -OCH3 is 1. The molecule has 6 heteroatoms. The number of aromatic nitrogens is 1. The van der Waals surface area contributed by atoms with Gasteiger partial charge in [0.1, 0.15) is 5.82 Å². The molecule has 0 atom stereocenters. The molecule has 0 saturated heterocycles. The average molecular weight is 267 g/mol. The fourth-order valence-electron chi connectivity index (χ4n) is 1.40. The lowest BCUT2D eigenvalue weighted by Gasteiger charge is -2.07. The maximum Gasteiger partial charge on any atom is 0.252 e. The molecule has 0 aliphatic carbocycles. The van der Waals surface area contributed by atoms with Gasteiger partial charge in [-0.3, -0.25) is 4.79 Å². The van der Waals surface area contributed by atoms with Gasteiger partial charge in [0.25, 0.3) is 5.91 Å². The molecule has 6 nitrogen and oxygen atoms in total. The molecule has 0 radical (unpaired) electrons. The van der Waals surface area contributed by atoms with Crippen molar-refractivity contribution in [1.82, 2.24) is 10.3 Å². The van der Waals surface area contributed by atoms with E-state index < -0.39 is 0 Å². The number of amides is 1. The van der Waals surface area contributed by atoms with Crippen molar-refractivity contribution in [2.75, 3.05) is 45.3 Å². The van der Waals surface area contributed by atoms with E-state index in [0.717, 1.165) is 12.4 Å². The number of carbonyl (C=O) groups is 1. The van der Waals surface area contributed by atoms with Crippen LogP contribution >= 0.6 is 0 Å². The Kier molecular flexibility index (Phi) is 7.53. The zero-order valence-electron chi connectivity index (χ0n) is 11.4. The smallest absolute Gasteiger partial charge is 0.252 e. The fraction of sp³-hybridized carbons (Fsp3) is 0.538. The molecule has 0 bridgehead atoms.